The molecule has 0 radical (unpaired) electrons. The Hall–Kier alpha value is -0.570. The normalized spacial score (nSPS) is 51.5. The number of rotatable bonds is 0. The second kappa shape index (κ2) is 1.37. The van der Waals surface area contributed by atoms with Crippen LogP contribution >= 0.6 is 0 Å². The van der Waals surface area contributed by atoms with Crippen molar-refractivity contribution in [3.63, 3.8) is 0 Å². The molecule has 1 aliphatic carbocycles. The number of hydrogen-bond acceptors (Lipinski definition) is 2. The molecule has 0 spiro atoms. The highest BCUT2D eigenvalue weighted by atomic mass is 16.3. The molecular weight excluding hydrogens is 130 g/mol. The van der Waals surface area contributed by atoms with E-state index >= 15 is 0 Å². The third-order valence-corrected chi connectivity index (χ3v) is 2.73. The molecule has 56 valence electrons. The van der Waals surface area contributed by atoms with Gasteiger partial charge in [-0.2, -0.15) is 0 Å². The van der Waals surface area contributed by atoms with Crippen molar-refractivity contribution in [1.82, 2.24) is 4.90 Å². The number of likely N-dealkylation sites (N-methyl/N-ethyl adjacent to an activating group) is 1. The van der Waals surface area contributed by atoms with E-state index in [1.165, 1.54) is 0 Å². The first kappa shape index (κ1) is 6.16. The predicted molar refractivity (Wildman–Crippen MR) is 35.3 cm³/mol. The molecule has 0 aromatic rings. The Balaban J connectivity index is 2.33. The highest BCUT2D eigenvalue weighted by Gasteiger charge is 2.63. The van der Waals surface area contributed by atoms with Gasteiger partial charge >= 0.3 is 0 Å². The lowest BCUT2D eigenvalue weighted by molar-refractivity contribution is -0.144. The summed E-state index contributed by atoms with van der Waals surface area (Å²) in [6.07, 6.45) is 0.981. The first-order chi connectivity index (χ1) is 4.55. The second-order valence-corrected chi connectivity index (χ2v) is 3.47. The lowest BCUT2D eigenvalue weighted by Gasteiger charge is -2.19. The number of carbonyl (C=O) groups excluding carboxylic acids is 1. The van der Waals surface area contributed by atoms with Crippen LogP contribution in [0.3, 0.4) is 0 Å². The van der Waals surface area contributed by atoms with Crippen LogP contribution in [0.4, 0.5) is 0 Å². The van der Waals surface area contributed by atoms with Crippen LogP contribution in [-0.4, -0.2) is 34.6 Å². The fourth-order valence-corrected chi connectivity index (χ4v) is 1.88. The van der Waals surface area contributed by atoms with Crippen molar-refractivity contribution in [1.29, 1.82) is 0 Å². The molecule has 1 saturated heterocycles. The fraction of sp³-hybridized carbons (Fsp3) is 0.857. The second-order valence-electron chi connectivity index (χ2n) is 3.47. The van der Waals surface area contributed by atoms with E-state index in [4.69, 9.17) is 0 Å². The minimum Gasteiger partial charge on any atom is -0.380 e. The zero-order valence-electron chi connectivity index (χ0n) is 6.16. The Morgan fingerprint density at radius 1 is 1.80 bits per heavy atom. The van der Waals surface area contributed by atoms with Gasteiger partial charge in [0.25, 0.3) is 5.91 Å². The Morgan fingerprint density at radius 3 is 2.60 bits per heavy atom. The van der Waals surface area contributed by atoms with E-state index in [1.807, 2.05) is 0 Å². The van der Waals surface area contributed by atoms with Gasteiger partial charge in [0.2, 0.25) is 0 Å². The van der Waals surface area contributed by atoms with E-state index in [0.29, 0.717) is 6.04 Å². The van der Waals surface area contributed by atoms with Gasteiger partial charge in [-0.3, -0.25) is 4.79 Å². The van der Waals surface area contributed by atoms with Crippen LogP contribution in [0, 0.1) is 5.92 Å². The highest BCUT2D eigenvalue weighted by Crippen LogP contribution is 2.50. The molecule has 1 heterocycles. The maximum Gasteiger partial charge on any atom is 0.254 e. The average Bonchev–Trinajstić information content (AvgIpc) is 2.58. The number of carbonyl (C=O) groups is 1. The monoisotopic (exact) mass is 141 g/mol. The molecule has 1 N–H and O–H groups in total. The van der Waals surface area contributed by atoms with Gasteiger partial charge in [-0.25, -0.2) is 0 Å². The van der Waals surface area contributed by atoms with Crippen LogP contribution < -0.4 is 0 Å². The summed E-state index contributed by atoms with van der Waals surface area (Å²) < 4.78 is 0. The predicted octanol–water partition coefficient (Wildman–Crippen LogP) is -0.402. The lowest BCUT2D eigenvalue weighted by atomic mass is 10.0. The van der Waals surface area contributed by atoms with Crippen molar-refractivity contribution < 1.29 is 9.90 Å². The molecule has 3 heteroatoms. The SMILES string of the molecule is CN1C(=O)C(C)(O)C2CC21. The van der Waals surface area contributed by atoms with E-state index in [1.54, 1.807) is 18.9 Å². The van der Waals surface area contributed by atoms with E-state index in [9.17, 15) is 9.90 Å². The molecule has 1 saturated carbocycles. The van der Waals surface area contributed by atoms with E-state index in [0.717, 1.165) is 6.42 Å². The Bertz CT molecular complexity index is 200. The van der Waals surface area contributed by atoms with Crippen molar-refractivity contribution in [2.24, 2.45) is 5.92 Å². The van der Waals surface area contributed by atoms with Crippen LogP contribution in [0.5, 0.6) is 0 Å². The van der Waals surface area contributed by atoms with Gasteiger partial charge < -0.3 is 10.0 Å². The van der Waals surface area contributed by atoms with Crippen LogP contribution in [0.2, 0.25) is 0 Å². The van der Waals surface area contributed by atoms with Crippen molar-refractivity contribution in [2.75, 3.05) is 7.05 Å². The standard InChI is InChI=1S/C7H11NO2/c1-7(10)4-3-5(4)8(2)6(7)9/h4-5,10H,3H2,1-2H3. The summed E-state index contributed by atoms with van der Waals surface area (Å²) in [7, 11) is 1.76. The van der Waals surface area contributed by atoms with Gasteiger partial charge in [0.15, 0.2) is 0 Å². The molecule has 3 unspecified atom stereocenters. The quantitative estimate of drug-likeness (QED) is 0.498. The summed E-state index contributed by atoms with van der Waals surface area (Å²) in [5.74, 6) is 0.0961. The van der Waals surface area contributed by atoms with Gasteiger partial charge in [0, 0.05) is 19.0 Å². The molecule has 2 fully saturated rings. The third kappa shape index (κ3) is 0.475. The Labute approximate surface area is 59.6 Å². The summed E-state index contributed by atoms with van der Waals surface area (Å²) in [6.45, 7) is 1.61. The molecule has 10 heavy (non-hydrogen) atoms. The molecule has 0 bridgehead atoms. The van der Waals surface area contributed by atoms with Crippen molar-refractivity contribution in [3.05, 3.63) is 0 Å². The molecule has 2 rings (SSSR count). The number of aliphatic hydroxyl groups is 1. The van der Waals surface area contributed by atoms with Crippen molar-refractivity contribution in [2.45, 2.75) is 25.0 Å². The molecule has 0 aromatic heterocycles. The smallest absolute Gasteiger partial charge is 0.254 e. The maximum atomic E-state index is 11.1. The third-order valence-electron chi connectivity index (χ3n) is 2.73. The first-order valence-electron chi connectivity index (χ1n) is 3.55. The molecule has 3 atom stereocenters. The summed E-state index contributed by atoms with van der Waals surface area (Å²) in [6, 6.07) is 0.336. The van der Waals surface area contributed by atoms with Crippen molar-refractivity contribution in [3.8, 4) is 0 Å². The zero-order chi connectivity index (χ0) is 7.52. The Kier molecular flexibility index (Phi) is 0.844. The molecular formula is C7H11NO2. The van der Waals surface area contributed by atoms with Gasteiger partial charge in [0.1, 0.15) is 5.60 Å². The van der Waals surface area contributed by atoms with Gasteiger partial charge in [-0.1, -0.05) is 0 Å². The van der Waals surface area contributed by atoms with Crippen molar-refractivity contribution >= 4 is 5.91 Å². The molecule has 3 nitrogen and oxygen atoms in total. The molecule has 0 aromatic carbocycles. The summed E-state index contributed by atoms with van der Waals surface area (Å²) in [5, 5.41) is 9.55. The van der Waals surface area contributed by atoms with Crippen LogP contribution in [-0.2, 0) is 4.79 Å². The van der Waals surface area contributed by atoms with Gasteiger partial charge in [0.05, 0.1) is 0 Å². The minimum absolute atomic E-state index is 0.117. The van der Waals surface area contributed by atoms with Crippen LogP contribution in [0.25, 0.3) is 0 Å². The average molecular weight is 141 g/mol. The summed E-state index contributed by atoms with van der Waals surface area (Å²) in [4.78, 5) is 12.8. The van der Waals surface area contributed by atoms with E-state index in [-0.39, 0.29) is 11.8 Å². The lowest BCUT2D eigenvalue weighted by Crippen LogP contribution is -2.40. The topological polar surface area (TPSA) is 40.5 Å². The number of hydrogen-bond donors (Lipinski definition) is 1. The number of fused-ring (bicyclic) bond motifs is 1. The Morgan fingerprint density at radius 2 is 2.40 bits per heavy atom. The number of amides is 1. The van der Waals surface area contributed by atoms with E-state index < -0.39 is 5.60 Å². The molecule has 1 amide bonds. The van der Waals surface area contributed by atoms with Gasteiger partial charge in [-0.15, -0.1) is 0 Å². The summed E-state index contributed by atoms with van der Waals surface area (Å²) >= 11 is 0. The maximum absolute atomic E-state index is 11.1. The minimum atomic E-state index is -1.06. The zero-order valence-corrected chi connectivity index (χ0v) is 6.16. The van der Waals surface area contributed by atoms with Gasteiger partial charge in [-0.05, 0) is 13.3 Å². The highest BCUT2D eigenvalue weighted by molar-refractivity contribution is 5.89. The largest absolute Gasteiger partial charge is 0.380 e. The van der Waals surface area contributed by atoms with Crippen LogP contribution in [0.15, 0.2) is 0 Å². The van der Waals surface area contributed by atoms with E-state index in [2.05, 4.69) is 0 Å². The number of likely N-dealkylation sites (tertiary alicyclic amines) is 1. The molecule has 1 aliphatic heterocycles. The molecule has 2 aliphatic rings. The van der Waals surface area contributed by atoms with Crippen LogP contribution in [0.1, 0.15) is 13.3 Å². The first-order valence-corrected chi connectivity index (χ1v) is 3.55. The summed E-state index contributed by atoms with van der Waals surface area (Å²) in [5.41, 5.74) is -1.06. The number of piperidine rings is 1. The fourth-order valence-electron chi connectivity index (χ4n) is 1.88. The number of nitrogens with zero attached hydrogens (tertiary/aromatic N) is 1.